The maximum atomic E-state index is 12.6. The van der Waals surface area contributed by atoms with Crippen LogP contribution in [0.5, 0.6) is 0 Å². The van der Waals surface area contributed by atoms with Crippen LogP contribution < -0.4 is 5.32 Å². The van der Waals surface area contributed by atoms with Crippen molar-refractivity contribution in [1.82, 2.24) is 25.1 Å². The first-order valence-electron chi connectivity index (χ1n) is 10.0. The fraction of sp³-hybridized carbons (Fsp3) is 0.167. The van der Waals surface area contributed by atoms with Crippen LogP contribution >= 0.6 is 11.8 Å². The van der Waals surface area contributed by atoms with E-state index in [1.54, 1.807) is 12.4 Å². The topological polar surface area (TPSA) is 72.7 Å². The largest absolute Gasteiger partial charge is 0.349 e. The number of aryl methyl sites for hydroxylation is 1. The molecule has 1 amide bonds. The van der Waals surface area contributed by atoms with Gasteiger partial charge in [-0.1, -0.05) is 54.2 Å². The lowest BCUT2D eigenvalue weighted by atomic mass is 10.0. The number of carbonyl (C=O) groups is 1. The van der Waals surface area contributed by atoms with E-state index in [0.29, 0.717) is 11.0 Å². The summed E-state index contributed by atoms with van der Waals surface area (Å²) in [5, 5.41) is 12.5. The molecule has 0 spiro atoms. The summed E-state index contributed by atoms with van der Waals surface area (Å²) in [5.74, 6) is 0.885. The number of aromatic nitrogens is 4. The summed E-state index contributed by atoms with van der Waals surface area (Å²) >= 11 is 1.36. The highest BCUT2D eigenvalue weighted by atomic mass is 32.2. The summed E-state index contributed by atoms with van der Waals surface area (Å²) in [4.78, 5) is 16.8. The van der Waals surface area contributed by atoms with Gasteiger partial charge in [0.15, 0.2) is 11.0 Å². The molecule has 1 N–H and O–H groups in total. The lowest BCUT2D eigenvalue weighted by Gasteiger charge is -2.16. The van der Waals surface area contributed by atoms with Gasteiger partial charge in [-0.05, 0) is 49.2 Å². The molecule has 0 bridgehead atoms. The number of amides is 1. The SMILES string of the molecule is Cc1ccccc1C(C)NC(=O)CSc1nnc(-c2cccnc2)n1-c1ccccc1. The normalized spacial score (nSPS) is 11.8. The zero-order chi connectivity index (χ0) is 21.6. The van der Waals surface area contributed by atoms with Crippen molar-refractivity contribution in [3.05, 3.63) is 90.3 Å². The molecule has 156 valence electrons. The number of thioether (sulfide) groups is 1. The summed E-state index contributed by atoms with van der Waals surface area (Å²) in [6.07, 6.45) is 3.48. The molecule has 0 radical (unpaired) electrons. The Morgan fingerprint density at radius 1 is 1.03 bits per heavy atom. The van der Waals surface area contributed by atoms with Crippen molar-refractivity contribution in [2.24, 2.45) is 0 Å². The van der Waals surface area contributed by atoms with E-state index in [4.69, 9.17) is 0 Å². The second-order valence-corrected chi connectivity index (χ2v) is 8.10. The number of nitrogens with one attached hydrogen (secondary N) is 1. The van der Waals surface area contributed by atoms with Crippen LogP contribution in [0.25, 0.3) is 17.1 Å². The third kappa shape index (κ3) is 4.83. The monoisotopic (exact) mass is 429 g/mol. The minimum absolute atomic E-state index is 0.0497. The standard InChI is InChI=1S/C24H23N5OS/c1-17-9-6-7-13-21(17)18(2)26-22(30)16-31-24-28-27-23(19-10-8-14-25-15-19)29(24)20-11-4-3-5-12-20/h3-15,18H,16H2,1-2H3,(H,26,30). The molecule has 4 rings (SSSR count). The molecule has 2 heterocycles. The van der Waals surface area contributed by atoms with Gasteiger partial charge in [0, 0.05) is 23.6 Å². The van der Waals surface area contributed by atoms with Crippen molar-refractivity contribution in [1.29, 1.82) is 0 Å². The third-order valence-corrected chi connectivity index (χ3v) is 5.86. The molecule has 0 saturated carbocycles. The second-order valence-electron chi connectivity index (χ2n) is 7.15. The van der Waals surface area contributed by atoms with Crippen molar-refractivity contribution in [3.63, 3.8) is 0 Å². The lowest BCUT2D eigenvalue weighted by molar-refractivity contribution is -0.119. The summed E-state index contributed by atoms with van der Waals surface area (Å²) in [6, 6.07) is 21.7. The molecular formula is C24H23N5OS. The minimum atomic E-state index is -0.0627. The number of rotatable bonds is 7. The Balaban J connectivity index is 1.53. The van der Waals surface area contributed by atoms with Gasteiger partial charge in [0.05, 0.1) is 11.8 Å². The van der Waals surface area contributed by atoms with E-state index in [0.717, 1.165) is 22.4 Å². The van der Waals surface area contributed by atoms with Crippen molar-refractivity contribution in [2.75, 3.05) is 5.75 Å². The molecule has 0 aliphatic heterocycles. The maximum Gasteiger partial charge on any atom is 0.230 e. The molecule has 0 aliphatic carbocycles. The summed E-state index contributed by atoms with van der Waals surface area (Å²) in [6.45, 7) is 4.05. The first kappa shape index (κ1) is 20.8. The maximum absolute atomic E-state index is 12.6. The van der Waals surface area contributed by atoms with Gasteiger partial charge in [0.25, 0.3) is 0 Å². The summed E-state index contributed by atoms with van der Waals surface area (Å²) < 4.78 is 1.96. The Kier molecular flexibility index (Phi) is 6.43. The quantitative estimate of drug-likeness (QED) is 0.435. The van der Waals surface area contributed by atoms with E-state index in [1.165, 1.54) is 11.8 Å². The smallest absolute Gasteiger partial charge is 0.230 e. The van der Waals surface area contributed by atoms with Crippen molar-refractivity contribution in [2.45, 2.75) is 25.0 Å². The zero-order valence-corrected chi connectivity index (χ0v) is 18.2. The highest BCUT2D eigenvalue weighted by Crippen LogP contribution is 2.27. The van der Waals surface area contributed by atoms with E-state index >= 15 is 0 Å². The molecule has 1 unspecified atom stereocenters. The second kappa shape index (κ2) is 9.57. The highest BCUT2D eigenvalue weighted by Gasteiger charge is 2.18. The van der Waals surface area contributed by atoms with Crippen LogP contribution in [0.2, 0.25) is 0 Å². The van der Waals surface area contributed by atoms with E-state index < -0.39 is 0 Å². The van der Waals surface area contributed by atoms with Gasteiger partial charge in [-0.25, -0.2) is 0 Å². The Morgan fingerprint density at radius 2 is 1.81 bits per heavy atom. The summed E-state index contributed by atoms with van der Waals surface area (Å²) in [5.41, 5.74) is 4.07. The highest BCUT2D eigenvalue weighted by molar-refractivity contribution is 7.99. The number of pyridine rings is 1. The molecule has 7 heteroatoms. The third-order valence-electron chi connectivity index (χ3n) is 4.93. The van der Waals surface area contributed by atoms with Gasteiger partial charge >= 0.3 is 0 Å². The van der Waals surface area contributed by atoms with E-state index in [1.807, 2.05) is 72.2 Å². The van der Waals surface area contributed by atoms with Crippen LogP contribution in [0.1, 0.15) is 24.1 Å². The molecule has 0 aliphatic rings. The number of carbonyl (C=O) groups excluding carboxylic acids is 1. The first-order chi connectivity index (χ1) is 15.1. The lowest BCUT2D eigenvalue weighted by Crippen LogP contribution is -2.28. The fourth-order valence-electron chi connectivity index (χ4n) is 3.42. The Hall–Kier alpha value is -3.45. The van der Waals surface area contributed by atoms with Gasteiger partial charge < -0.3 is 5.32 Å². The molecule has 0 fully saturated rings. The molecule has 2 aromatic heterocycles. The van der Waals surface area contributed by atoms with Crippen LogP contribution in [0.4, 0.5) is 0 Å². The van der Waals surface area contributed by atoms with E-state index in [9.17, 15) is 4.79 Å². The average molecular weight is 430 g/mol. The minimum Gasteiger partial charge on any atom is -0.349 e. The van der Waals surface area contributed by atoms with Crippen LogP contribution in [-0.4, -0.2) is 31.4 Å². The Labute approximate surface area is 185 Å². The van der Waals surface area contributed by atoms with Crippen molar-refractivity contribution in [3.8, 4) is 17.1 Å². The first-order valence-corrected chi connectivity index (χ1v) is 11.0. The Morgan fingerprint density at radius 3 is 2.55 bits per heavy atom. The van der Waals surface area contributed by atoms with Gasteiger partial charge in [0.2, 0.25) is 5.91 Å². The van der Waals surface area contributed by atoms with Gasteiger partial charge in [0.1, 0.15) is 0 Å². The molecular weight excluding hydrogens is 406 g/mol. The van der Waals surface area contributed by atoms with Gasteiger partial charge in [-0.15, -0.1) is 10.2 Å². The Bertz CT molecular complexity index is 1160. The molecule has 1 atom stereocenters. The molecule has 0 saturated heterocycles. The predicted octanol–water partition coefficient (Wildman–Crippen LogP) is 4.61. The summed E-state index contributed by atoms with van der Waals surface area (Å²) in [7, 11) is 0. The van der Waals surface area contributed by atoms with E-state index in [-0.39, 0.29) is 17.7 Å². The fourth-order valence-corrected chi connectivity index (χ4v) is 4.18. The van der Waals surface area contributed by atoms with Crippen molar-refractivity contribution >= 4 is 17.7 Å². The number of para-hydroxylation sites is 1. The van der Waals surface area contributed by atoms with E-state index in [2.05, 4.69) is 33.5 Å². The van der Waals surface area contributed by atoms with Crippen LogP contribution in [0.3, 0.4) is 0 Å². The number of benzene rings is 2. The number of nitrogens with zero attached hydrogens (tertiary/aromatic N) is 4. The molecule has 2 aromatic carbocycles. The average Bonchev–Trinajstić information content (AvgIpc) is 3.23. The molecule has 4 aromatic rings. The molecule has 31 heavy (non-hydrogen) atoms. The number of hydrogen-bond acceptors (Lipinski definition) is 5. The van der Waals surface area contributed by atoms with Crippen molar-refractivity contribution < 1.29 is 4.79 Å². The predicted molar refractivity (Wildman–Crippen MR) is 123 cm³/mol. The van der Waals surface area contributed by atoms with Crippen LogP contribution in [0, 0.1) is 6.92 Å². The van der Waals surface area contributed by atoms with Crippen LogP contribution in [-0.2, 0) is 4.79 Å². The zero-order valence-electron chi connectivity index (χ0n) is 17.4. The van der Waals surface area contributed by atoms with Gasteiger partial charge in [-0.2, -0.15) is 0 Å². The van der Waals surface area contributed by atoms with Crippen LogP contribution in [0.15, 0.2) is 84.3 Å². The molecule has 6 nitrogen and oxygen atoms in total. The number of hydrogen-bond donors (Lipinski definition) is 1. The van der Waals surface area contributed by atoms with Gasteiger partial charge in [-0.3, -0.25) is 14.3 Å².